The minimum Gasteiger partial charge on any atom is -0.392 e. The average molecular weight is 356 g/mol. The Morgan fingerprint density at radius 3 is 2.92 bits per heavy atom. The molecule has 2 aliphatic rings. The summed E-state index contributed by atoms with van der Waals surface area (Å²) in [4.78, 5) is 14.3. The number of nitrogens with one attached hydrogen (secondary N) is 1. The average Bonchev–Trinajstić information content (AvgIpc) is 2.57. The Balaban J connectivity index is 1.69. The largest absolute Gasteiger partial charge is 0.416 e. The van der Waals surface area contributed by atoms with Gasteiger partial charge in [-0.3, -0.25) is 4.79 Å². The molecule has 25 heavy (non-hydrogen) atoms. The van der Waals surface area contributed by atoms with Crippen molar-refractivity contribution in [1.82, 2.24) is 10.2 Å². The molecule has 0 aliphatic carbocycles. The molecule has 2 aliphatic heterocycles. The SMILES string of the molecule is O=C(Cc1cccc(C(F)(F)F)c1)N1CCC[C@]2(CNCC[C@@H]2O)C1. The van der Waals surface area contributed by atoms with Crippen molar-refractivity contribution < 1.29 is 23.1 Å². The van der Waals surface area contributed by atoms with Crippen LogP contribution in [0, 0.1) is 5.41 Å². The fourth-order valence-electron chi connectivity index (χ4n) is 3.93. The van der Waals surface area contributed by atoms with E-state index in [0.29, 0.717) is 31.6 Å². The summed E-state index contributed by atoms with van der Waals surface area (Å²) in [5, 5.41) is 13.7. The lowest BCUT2D eigenvalue weighted by Crippen LogP contribution is -2.59. The summed E-state index contributed by atoms with van der Waals surface area (Å²) in [6.07, 6.45) is -2.59. The Morgan fingerprint density at radius 1 is 1.40 bits per heavy atom. The fraction of sp³-hybridized carbons (Fsp3) is 0.611. The summed E-state index contributed by atoms with van der Waals surface area (Å²) in [6, 6.07) is 4.92. The number of nitrogens with zero attached hydrogens (tertiary/aromatic N) is 1. The van der Waals surface area contributed by atoms with Crippen LogP contribution < -0.4 is 5.32 Å². The van der Waals surface area contributed by atoms with E-state index >= 15 is 0 Å². The molecule has 1 aromatic carbocycles. The highest BCUT2D eigenvalue weighted by Crippen LogP contribution is 2.36. The van der Waals surface area contributed by atoms with E-state index in [4.69, 9.17) is 0 Å². The first-order valence-corrected chi connectivity index (χ1v) is 8.63. The molecule has 4 nitrogen and oxygen atoms in total. The van der Waals surface area contributed by atoms with E-state index in [1.165, 1.54) is 6.07 Å². The van der Waals surface area contributed by atoms with Crippen molar-refractivity contribution in [2.24, 2.45) is 5.41 Å². The van der Waals surface area contributed by atoms with Gasteiger partial charge in [-0.15, -0.1) is 0 Å². The normalized spacial score (nSPS) is 27.5. The van der Waals surface area contributed by atoms with Crippen molar-refractivity contribution in [3.63, 3.8) is 0 Å². The number of piperidine rings is 2. The maximum absolute atomic E-state index is 12.8. The van der Waals surface area contributed by atoms with Crippen LogP contribution in [0.5, 0.6) is 0 Å². The molecule has 2 fully saturated rings. The second-order valence-electron chi connectivity index (χ2n) is 7.14. The van der Waals surface area contributed by atoms with Gasteiger partial charge in [0.25, 0.3) is 0 Å². The van der Waals surface area contributed by atoms with E-state index in [1.807, 2.05) is 0 Å². The molecule has 1 aromatic rings. The van der Waals surface area contributed by atoms with Crippen molar-refractivity contribution in [3.8, 4) is 0 Å². The first-order chi connectivity index (χ1) is 11.8. The maximum atomic E-state index is 12.8. The van der Waals surface area contributed by atoms with Gasteiger partial charge in [0.05, 0.1) is 18.1 Å². The maximum Gasteiger partial charge on any atom is 0.416 e. The molecule has 3 rings (SSSR count). The van der Waals surface area contributed by atoms with Gasteiger partial charge in [-0.25, -0.2) is 0 Å². The van der Waals surface area contributed by atoms with Gasteiger partial charge in [-0.2, -0.15) is 13.2 Å². The topological polar surface area (TPSA) is 52.6 Å². The molecule has 2 saturated heterocycles. The smallest absolute Gasteiger partial charge is 0.392 e. The number of likely N-dealkylation sites (tertiary alicyclic amines) is 1. The third kappa shape index (κ3) is 3.98. The summed E-state index contributed by atoms with van der Waals surface area (Å²) in [6.45, 7) is 2.48. The molecule has 2 atom stereocenters. The van der Waals surface area contributed by atoms with Gasteiger partial charge < -0.3 is 15.3 Å². The number of carbonyl (C=O) groups is 1. The van der Waals surface area contributed by atoms with E-state index in [1.54, 1.807) is 11.0 Å². The number of halogens is 3. The van der Waals surface area contributed by atoms with E-state index < -0.39 is 17.8 Å². The number of aliphatic hydroxyl groups excluding tert-OH is 1. The molecule has 138 valence electrons. The van der Waals surface area contributed by atoms with Crippen molar-refractivity contribution in [2.75, 3.05) is 26.2 Å². The Hall–Kier alpha value is -1.60. The molecule has 1 amide bonds. The van der Waals surface area contributed by atoms with Gasteiger partial charge in [0.15, 0.2) is 0 Å². The quantitative estimate of drug-likeness (QED) is 0.854. The molecule has 2 heterocycles. The van der Waals surface area contributed by atoms with Crippen LogP contribution in [-0.2, 0) is 17.4 Å². The number of benzene rings is 1. The number of hydrogen-bond donors (Lipinski definition) is 2. The lowest BCUT2D eigenvalue weighted by atomic mass is 9.72. The predicted molar refractivity (Wildman–Crippen MR) is 86.9 cm³/mol. The van der Waals surface area contributed by atoms with Gasteiger partial charge in [0, 0.05) is 25.0 Å². The van der Waals surface area contributed by atoms with Gasteiger partial charge in [-0.05, 0) is 37.4 Å². The summed E-state index contributed by atoms with van der Waals surface area (Å²) in [5.74, 6) is -0.184. The monoisotopic (exact) mass is 356 g/mol. The highest BCUT2D eigenvalue weighted by Gasteiger charge is 2.44. The summed E-state index contributed by atoms with van der Waals surface area (Å²) in [5.41, 5.74) is -0.707. The van der Waals surface area contributed by atoms with E-state index in [0.717, 1.165) is 31.5 Å². The van der Waals surface area contributed by atoms with Crippen molar-refractivity contribution in [1.29, 1.82) is 0 Å². The molecule has 0 unspecified atom stereocenters. The second-order valence-corrected chi connectivity index (χ2v) is 7.14. The van der Waals surface area contributed by atoms with Crippen LogP contribution >= 0.6 is 0 Å². The molecule has 1 spiro atoms. The van der Waals surface area contributed by atoms with Crippen LogP contribution in [0.4, 0.5) is 13.2 Å². The number of amides is 1. The van der Waals surface area contributed by atoms with Crippen LogP contribution in [0.1, 0.15) is 30.4 Å². The van der Waals surface area contributed by atoms with Crippen LogP contribution in [0.3, 0.4) is 0 Å². The Bertz CT molecular complexity index is 631. The number of alkyl halides is 3. The van der Waals surface area contributed by atoms with Crippen LogP contribution in [0.25, 0.3) is 0 Å². The predicted octanol–water partition coefficient (Wildman–Crippen LogP) is 2.21. The second kappa shape index (κ2) is 6.96. The van der Waals surface area contributed by atoms with Gasteiger partial charge in [0.2, 0.25) is 5.91 Å². The zero-order valence-electron chi connectivity index (χ0n) is 14.0. The first kappa shape index (κ1) is 18.2. The van der Waals surface area contributed by atoms with Crippen LogP contribution in [0.15, 0.2) is 24.3 Å². The highest BCUT2D eigenvalue weighted by molar-refractivity contribution is 5.79. The van der Waals surface area contributed by atoms with Crippen molar-refractivity contribution >= 4 is 5.91 Å². The lowest BCUT2D eigenvalue weighted by Gasteiger charge is -2.48. The molecule has 0 saturated carbocycles. The number of carbonyl (C=O) groups excluding carboxylic acids is 1. The highest BCUT2D eigenvalue weighted by atomic mass is 19.4. The standard InChI is InChI=1S/C18H23F3N2O2/c19-18(20,21)14-4-1-3-13(9-14)10-16(25)23-8-2-6-17(12-23)11-22-7-5-15(17)24/h1,3-4,9,15,22,24H,2,5-8,10-12H2/t15-,17-/m0/s1. The Labute approximate surface area is 145 Å². The third-order valence-electron chi connectivity index (χ3n) is 5.35. The van der Waals surface area contributed by atoms with E-state index in [9.17, 15) is 23.1 Å². The Morgan fingerprint density at radius 2 is 2.20 bits per heavy atom. The molecular formula is C18H23F3N2O2. The molecule has 0 aromatic heterocycles. The number of rotatable bonds is 2. The molecular weight excluding hydrogens is 333 g/mol. The number of hydrogen-bond acceptors (Lipinski definition) is 3. The fourth-order valence-corrected chi connectivity index (χ4v) is 3.93. The zero-order chi connectivity index (χ0) is 18.1. The lowest BCUT2D eigenvalue weighted by molar-refractivity contribution is -0.139. The van der Waals surface area contributed by atoms with E-state index in [2.05, 4.69) is 5.32 Å². The minimum absolute atomic E-state index is 0.0521. The first-order valence-electron chi connectivity index (χ1n) is 8.63. The zero-order valence-corrected chi connectivity index (χ0v) is 14.0. The van der Waals surface area contributed by atoms with Gasteiger partial charge in [0.1, 0.15) is 0 Å². The molecule has 0 radical (unpaired) electrons. The molecule has 0 bridgehead atoms. The van der Waals surface area contributed by atoms with E-state index in [-0.39, 0.29) is 17.7 Å². The number of aliphatic hydroxyl groups is 1. The van der Waals surface area contributed by atoms with Crippen molar-refractivity contribution in [3.05, 3.63) is 35.4 Å². The minimum atomic E-state index is -4.41. The van der Waals surface area contributed by atoms with Gasteiger partial charge >= 0.3 is 6.18 Å². The third-order valence-corrected chi connectivity index (χ3v) is 5.35. The molecule has 7 heteroatoms. The summed E-state index contributed by atoms with van der Waals surface area (Å²) < 4.78 is 38.4. The van der Waals surface area contributed by atoms with Crippen LogP contribution in [0.2, 0.25) is 0 Å². The summed E-state index contributed by atoms with van der Waals surface area (Å²) in [7, 11) is 0. The Kier molecular flexibility index (Phi) is 5.06. The molecule has 2 N–H and O–H groups in total. The van der Waals surface area contributed by atoms with Gasteiger partial charge in [-0.1, -0.05) is 18.2 Å². The van der Waals surface area contributed by atoms with Crippen LogP contribution in [-0.4, -0.2) is 48.2 Å². The van der Waals surface area contributed by atoms with Crippen molar-refractivity contribution in [2.45, 2.75) is 38.0 Å². The summed E-state index contributed by atoms with van der Waals surface area (Å²) >= 11 is 0.